The van der Waals surface area contributed by atoms with E-state index < -0.39 is 0 Å². The first kappa shape index (κ1) is 17.4. The van der Waals surface area contributed by atoms with E-state index in [4.69, 9.17) is 4.74 Å². The molecule has 0 saturated heterocycles. The van der Waals surface area contributed by atoms with Crippen molar-refractivity contribution in [2.24, 2.45) is 0 Å². The Labute approximate surface area is 162 Å². The number of rotatable bonds is 5. The Bertz CT molecular complexity index is 1140. The normalized spacial score (nSPS) is 10.9. The van der Waals surface area contributed by atoms with Crippen molar-refractivity contribution in [1.29, 1.82) is 0 Å². The summed E-state index contributed by atoms with van der Waals surface area (Å²) in [6.45, 7) is 0. The maximum atomic E-state index is 12.6. The Morgan fingerprint density at radius 3 is 2.52 bits per heavy atom. The fourth-order valence-electron chi connectivity index (χ4n) is 3.11. The number of hydrogen-bond acceptors (Lipinski definition) is 3. The van der Waals surface area contributed by atoms with Crippen LogP contribution in [0.15, 0.2) is 88.6 Å². The highest BCUT2D eigenvalue weighted by Gasteiger charge is 2.11. The molecule has 0 fully saturated rings. The lowest BCUT2D eigenvalue weighted by Crippen LogP contribution is -2.04. The number of pyridine rings is 1. The lowest BCUT2D eigenvalue weighted by Gasteiger charge is -2.12. The molecule has 0 aliphatic rings. The second-order valence-electron chi connectivity index (χ2n) is 6.20. The first-order valence-corrected chi connectivity index (χ1v) is 9.71. The van der Waals surface area contributed by atoms with Crippen LogP contribution in [0.3, 0.4) is 0 Å². The lowest BCUT2D eigenvalue weighted by molar-refractivity contribution is 0.419. The van der Waals surface area contributed by atoms with Gasteiger partial charge in [0.15, 0.2) is 5.43 Å². The maximum absolute atomic E-state index is 12.6. The molecule has 4 heteroatoms. The van der Waals surface area contributed by atoms with Crippen LogP contribution in [0, 0.1) is 0 Å². The molecule has 1 heterocycles. The minimum atomic E-state index is -0.0134. The topological polar surface area (TPSA) is 42.1 Å². The minimum absolute atomic E-state index is 0.0134. The fraction of sp³-hybridized carbons (Fsp3) is 0.0870. The molecular weight excluding hydrogens is 354 g/mol. The van der Waals surface area contributed by atoms with Crippen LogP contribution in [0.5, 0.6) is 5.75 Å². The van der Waals surface area contributed by atoms with E-state index in [0.29, 0.717) is 11.1 Å². The molecule has 1 aromatic heterocycles. The molecule has 27 heavy (non-hydrogen) atoms. The van der Waals surface area contributed by atoms with Gasteiger partial charge in [-0.2, -0.15) is 0 Å². The summed E-state index contributed by atoms with van der Waals surface area (Å²) in [5.41, 5.74) is 3.80. The molecule has 3 nitrogen and oxygen atoms in total. The number of methoxy groups -OCH3 is 1. The van der Waals surface area contributed by atoms with Crippen molar-refractivity contribution in [3.63, 3.8) is 0 Å². The van der Waals surface area contributed by atoms with Gasteiger partial charge in [0.2, 0.25) is 0 Å². The third kappa shape index (κ3) is 3.62. The van der Waals surface area contributed by atoms with Crippen molar-refractivity contribution in [3.8, 4) is 17.0 Å². The second kappa shape index (κ2) is 7.72. The minimum Gasteiger partial charge on any atom is -0.495 e. The van der Waals surface area contributed by atoms with Gasteiger partial charge in [-0.25, -0.2) is 0 Å². The van der Waals surface area contributed by atoms with Crippen LogP contribution >= 0.6 is 11.8 Å². The average Bonchev–Trinajstić information content (AvgIpc) is 2.73. The van der Waals surface area contributed by atoms with Gasteiger partial charge in [0.05, 0.1) is 18.3 Å². The highest BCUT2D eigenvalue weighted by atomic mass is 32.2. The number of aromatic nitrogens is 1. The molecular formula is C23H19NO2S. The highest BCUT2D eigenvalue weighted by molar-refractivity contribution is 7.98. The number of benzene rings is 3. The van der Waals surface area contributed by atoms with Crippen LogP contribution in [0.4, 0.5) is 0 Å². The van der Waals surface area contributed by atoms with Crippen LogP contribution < -0.4 is 10.2 Å². The van der Waals surface area contributed by atoms with Gasteiger partial charge in [-0.3, -0.25) is 4.79 Å². The molecule has 0 unspecified atom stereocenters. The Hall–Kier alpha value is -2.98. The van der Waals surface area contributed by atoms with E-state index in [2.05, 4.69) is 35.3 Å². The van der Waals surface area contributed by atoms with Crippen LogP contribution in [-0.4, -0.2) is 12.1 Å². The van der Waals surface area contributed by atoms with Crippen LogP contribution in [0.2, 0.25) is 0 Å². The van der Waals surface area contributed by atoms with Gasteiger partial charge >= 0.3 is 0 Å². The molecule has 134 valence electrons. The quantitative estimate of drug-likeness (QED) is 0.470. The van der Waals surface area contributed by atoms with Gasteiger partial charge in [0, 0.05) is 27.7 Å². The number of thioether (sulfide) groups is 1. The van der Waals surface area contributed by atoms with Crippen molar-refractivity contribution in [2.75, 3.05) is 7.11 Å². The summed E-state index contributed by atoms with van der Waals surface area (Å²) >= 11 is 1.76. The molecule has 4 rings (SSSR count). The summed E-state index contributed by atoms with van der Waals surface area (Å²) in [4.78, 5) is 17.2. The Morgan fingerprint density at radius 2 is 1.70 bits per heavy atom. The zero-order valence-corrected chi connectivity index (χ0v) is 15.8. The number of aromatic amines is 1. The molecule has 0 radical (unpaired) electrons. The van der Waals surface area contributed by atoms with Crippen molar-refractivity contribution < 1.29 is 4.74 Å². The Kier molecular flexibility index (Phi) is 4.99. The molecule has 0 spiro atoms. The Balaban J connectivity index is 1.76. The van der Waals surface area contributed by atoms with Gasteiger partial charge in [0.25, 0.3) is 0 Å². The summed E-state index contributed by atoms with van der Waals surface area (Å²) in [7, 11) is 1.61. The fourth-order valence-corrected chi connectivity index (χ4v) is 4.13. The molecule has 3 aromatic carbocycles. The monoisotopic (exact) mass is 373 g/mol. The number of H-pyrrole nitrogens is 1. The zero-order chi connectivity index (χ0) is 18.6. The molecule has 4 aromatic rings. The van der Waals surface area contributed by atoms with E-state index in [9.17, 15) is 4.79 Å². The lowest BCUT2D eigenvalue weighted by atomic mass is 10.1. The van der Waals surface area contributed by atoms with Crippen LogP contribution in [0.1, 0.15) is 5.56 Å². The van der Waals surface area contributed by atoms with Gasteiger partial charge < -0.3 is 9.72 Å². The first-order valence-electron chi connectivity index (χ1n) is 8.72. The van der Waals surface area contributed by atoms with Crippen molar-refractivity contribution in [1.82, 2.24) is 4.98 Å². The van der Waals surface area contributed by atoms with E-state index in [1.54, 1.807) is 24.9 Å². The predicted octanol–water partition coefficient (Wildman–Crippen LogP) is 5.50. The zero-order valence-electron chi connectivity index (χ0n) is 14.9. The van der Waals surface area contributed by atoms with E-state index in [1.165, 1.54) is 5.56 Å². The van der Waals surface area contributed by atoms with E-state index >= 15 is 0 Å². The van der Waals surface area contributed by atoms with E-state index in [1.807, 2.05) is 42.5 Å². The van der Waals surface area contributed by atoms with Crippen molar-refractivity contribution in [3.05, 3.63) is 94.6 Å². The van der Waals surface area contributed by atoms with Gasteiger partial charge in [0.1, 0.15) is 5.75 Å². The van der Waals surface area contributed by atoms with E-state index in [-0.39, 0.29) is 5.43 Å². The van der Waals surface area contributed by atoms with Crippen LogP contribution in [-0.2, 0) is 5.75 Å². The molecule has 0 amide bonds. The second-order valence-corrected chi connectivity index (χ2v) is 7.22. The standard InChI is InChI=1S/C23H19NO2S/c1-26-21-12-7-11-18-20(25)14-19(24-23(18)21)17-10-5-6-13-22(17)27-15-16-8-3-2-4-9-16/h2-14H,15H2,1H3,(H,24,25). The molecule has 0 saturated carbocycles. The largest absolute Gasteiger partial charge is 0.495 e. The average molecular weight is 373 g/mol. The summed E-state index contributed by atoms with van der Waals surface area (Å²) < 4.78 is 5.43. The van der Waals surface area contributed by atoms with Crippen LogP contribution in [0.25, 0.3) is 22.2 Å². The highest BCUT2D eigenvalue weighted by Crippen LogP contribution is 2.33. The molecule has 0 bridgehead atoms. The summed E-state index contributed by atoms with van der Waals surface area (Å²) in [6.07, 6.45) is 0. The SMILES string of the molecule is COc1cccc2c(=O)cc(-c3ccccc3SCc3ccccc3)[nH]c12. The number of fused-ring (bicyclic) bond motifs is 1. The summed E-state index contributed by atoms with van der Waals surface area (Å²) in [5.74, 6) is 1.54. The van der Waals surface area contributed by atoms with Gasteiger partial charge in [-0.1, -0.05) is 54.6 Å². The summed E-state index contributed by atoms with van der Waals surface area (Å²) in [6, 6.07) is 25.7. The third-order valence-corrected chi connectivity index (χ3v) is 5.61. The smallest absolute Gasteiger partial charge is 0.190 e. The number of ether oxygens (including phenoxy) is 1. The predicted molar refractivity (Wildman–Crippen MR) is 113 cm³/mol. The molecule has 1 N–H and O–H groups in total. The van der Waals surface area contributed by atoms with E-state index in [0.717, 1.165) is 27.4 Å². The third-order valence-electron chi connectivity index (χ3n) is 4.46. The molecule has 0 aliphatic carbocycles. The van der Waals surface area contributed by atoms with Gasteiger partial charge in [-0.05, 0) is 23.8 Å². The Morgan fingerprint density at radius 1 is 0.926 bits per heavy atom. The number of nitrogens with one attached hydrogen (secondary N) is 1. The molecule has 0 atom stereocenters. The maximum Gasteiger partial charge on any atom is 0.190 e. The molecule has 0 aliphatic heterocycles. The number of para-hydroxylation sites is 1. The summed E-state index contributed by atoms with van der Waals surface area (Å²) in [5, 5.41) is 0.632. The van der Waals surface area contributed by atoms with Gasteiger partial charge in [-0.15, -0.1) is 11.8 Å². The number of hydrogen-bond donors (Lipinski definition) is 1. The van der Waals surface area contributed by atoms with Crippen molar-refractivity contribution >= 4 is 22.7 Å². The first-order chi connectivity index (χ1) is 13.3. The van der Waals surface area contributed by atoms with Crippen molar-refractivity contribution in [2.45, 2.75) is 10.6 Å².